The molecule has 34 heavy (non-hydrogen) atoms. The number of halogens is 2. The molecule has 0 bridgehead atoms. The van der Waals surface area contributed by atoms with E-state index >= 15 is 0 Å². The zero-order valence-electron chi connectivity index (χ0n) is 19.4. The molecule has 0 spiro atoms. The quantitative estimate of drug-likeness (QED) is 0.419. The van der Waals surface area contributed by atoms with E-state index in [9.17, 15) is 13.5 Å². The van der Waals surface area contributed by atoms with Crippen molar-refractivity contribution in [1.29, 1.82) is 0 Å². The third-order valence-electron chi connectivity index (χ3n) is 6.57. The van der Waals surface area contributed by atoms with Crippen LogP contribution in [-0.2, 0) is 9.84 Å². The van der Waals surface area contributed by atoms with E-state index < -0.39 is 15.4 Å². The molecule has 4 rings (SSSR count). The van der Waals surface area contributed by atoms with E-state index in [2.05, 4.69) is 4.90 Å². The molecule has 7 heteroatoms. The highest BCUT2D eigenvalue weighted by atomic mass is 35.5. The number of aliphatic hydroxyl groups is 1. The van der Waals surface area contributed by atoms with Crippen molar-refractivity contribution in [3.8, 4) is 0 Å². The fourth-order valence-electron chi connectivity index (χ4n) is 5.05. The number of hydrogen-bond acceptors (Lipinski definition) is 4. The van der Waals surface area contributed by atoms with Crippen LogP contribution in [0.1, 0.15) is 42.5 Å². The number of nitrogens with zero attached hydrogens (tertiary/aromatic N) is 1. The average molecular weight is 519 g/mol. The van der Waals surface area contributed by atoms with Gasteiger partial charge < -0.3 is 5.11 Å². The number of sulfone groups is 1. The molecule has 0 aliphatic carbocycles. The number of hydrogen-bond donors (Lipinski definition) is 1. The van der Waals surface area contributed by atoms with Crippen LogP contribution >= 0.6 is 23.2 Å². The Morgan fingerprint density at radius 3 is 1.62 bits per heavy atom. The molecule has 0 amide bonds. The van der Waals surface area contributed by atoms with Gasteiger partial charge in [0.15, 0.2) is 9.84 Å². The first-order valence-corrected chi connectivity index (χ1v) is 13.9. The van der Waals surface area contributed by atoms with Gasteiger partial charge in [-0.15, -0.1) is 0 Å². The van der Waals surface area contributed by atoms with E-state index in [1.165, 1.54) is 6.26 Å². The van der Waals surface area contributed by atoms with Crippen LogP contribution in [-0.4, -0.2) is 43.4 Å². The molecule has 4 nitrogen and oxygen atoms in total. The third kappa shape index (κ3) is 5.50. The van der Waals surface area contributed by atoms with Crippen molar-refractivity contribution < 1.29 is 13.5 Å². The molecule has 1 aliphatic rings. The third-order valence-corrected chi connectivity index (χ3v) is 8.21. The van der Waals surface area contributed by atoms with Crippen LogP contribution in [0.5, 0.6) is 0 Å². The first-order valence-electron chi connectivity index (χ1n) is 11.2. The summed E-state index contributed by atoms with van der Waals surface area (Å²) in [5.74, 6) is 0.0830. The molecule has 1 heterocycles. The lowest BCUT2D eigenvalue weighted by atomic mass is 9.71. The van der Waals surface area contributed by atoms with Crippen LogP contribution < -0.4 is 0 Å². The van der Waals surface area contributed by atoms with Gasteiger partial charge in [0.05, 0.1) is 16.5 Å². The molecule has 1 fully saturated rings. The second-order valence-electron chi connectivity index (χ2n) is 9.69. The molecule has 1 unspecified atom stereocenters. The molecule has 1 atom stereocenters. The van der Waals surface area contributed by atoms with Gasteiger partial charge in [-0.3, -0.25) is 4.90 Å². The zero-order valence-corrected chi connectivity index (χ0v) is 21.8. The Balaban J connectivity index is 1.61. The molecule has 180 valence electrons. The molecular formula is C27H29Cl2NO3S. The van der Waals surface area contributed by atoms with Crippen LogP contribution in [0.3, 0.4) is 0 Å². The minimum atomic E-state index is -3.27. The predicted octanol–water partition coefficient (Wildman–Crippen LogP) is 5.97. The Hall–Kier alpha value is -1.89. The molecule has 0 radical (unpaired) electrons. The number of likely N-dealkylation sites (tertiary alicyclic amines) is 1. The summed E-state index contributed by atoms with van der Waals surface area (Å²) in [7, 11) is -3.27. The Labute approximate surface area is 212 Å². The van der Waals surface area contributed by atoms with E-state index in [4.69, 9.17) is 23.2 Å². The summed E-state index contributed by atoms with van der Waals surface area (Å²) in [5, 5.41) is 12.4. The van der Waals surface area contributed by atoms with Gasteiger partial charge in [-0.05, 0) is 72.9 Å². The summed E-state index contributed by atoms with van der Waals surface area (Å²) >= 11 is 12.3. The van der Waals surface area contributed by atoms with Crippen molar-refractivity contribution in [2.24, 2.45) is 5.92 Å². The average Bonchev–Trinajstić information content (AvgIpc) is 2.73. The van der Waals surface area contributed by atoms with Crippen LogP contribution in [0.25, 0.3) is 0 Å². The van der Waals surface area contributed by atoms with E-state index in [-0.39, 0.29) is 22.8 Å². The first-order chi connectivity index (χ1) is 15.9. The minimum absolute atomic E-state index is 0.0425. The molecule has 1 N–H and O–H groups in total. The maximum Gasteiger partial charge on any atom is 0.175 e. The van der Waals surface area contributed by atoms with Gasteiger partial charge >= 0.3 is 0 Å². The van der Waals surface area contributed by atoms with Crippen LogP contribution in [0.2, 0.25) is 10.0 Å². The smallest absolute Gasteiger partial charge is 0.175 e. The lowest BCUT2D eigenvalue weighted by Crippen LogP contribution is -2.54. The normalized spacial score (nSPS) is 16.4. The van der Waals surface area contributed by atoms with Gasteiger partial charge in [-0.1, -0.05) is 59.6 Å². The molecule has 3 aromatic rings. The van der Waals surface area contributed by atoms with Crippen molar-refractivity contribution in [3.05, 3.63) is 99.5 Å². The largest absolute Gasteiger partial charge is 0.390 e. The van der Waals surface area contributed by atoms with Gasteiger partial charge in [0.2, 0.25) is 0 Å². The standard InChI is InChI=1S/C27H29Cl2NO3S/c1-27(2,31)25(18-8-14-24(15-9-18)34(3,32)33)21-16-30(17-21)26(19-4-10-22(28)11-5-19)20-6-12-23(29)13-7-20/h4-15,21,25-26,31H,16-17H2,1-3H3. The van der Waals surface area contributed by atoms with Crippen molar-refractivity contribution in [2.75, 3.05) is 19.3 Å². The predicted molar refractivity (Wildman–Crippen MR) is 138 cm³/mol. The van der Waals surface area contributed by atoms with E-state index in [1.807, 2.05) is 74.5 Å². The fourth-order valence-corrected chi connectivity index (χ4v) is 5.94. The van der Waals surface area contributed by atoms with Gasteiger partial charge in [0.25, 0.3) is 0 Å². The van der Waals surface area contributed by atoms with Crippen molar-refractivity contribution in [1.82, 2.24) is 4.90 Å². The maximum absolute atomic E-state index is 11.9. The highest BCUT2D eigenvalue weighted by Crippen LogP contribution is 2.44. The summed E-state index contributed by atoms with van der Waals surface area (Å²) in [6.07, 6.45) is 1.20. The maximum atomic E-state index is 11.9. The van der Waals surface area contributed by atoms with E-state index in [1.54, 1.807) is 12.1 Å². The van der Waals surface area contributed by atoms with Crippen LogP contribution in [0.15, 0.2) is 77.7 Å². The van der Waals surface area contributed by atoms with E-state index in [0.29, 0.717) is 10.0 Å². The van der Waals surface area contributed by atoms with Crippen molar-refractivity contribution in [3.63, 3.8) is 0 Å². The number of benzene rings is 3. The van der Waals surface area contributed by atoms with Gasteiger partial charge in [0, 0.05) is 35.3 Å². The van der Waals surface area contributed by atoms with Crippen LogP contribution in [0, 0.1) is 5.92 Å². The highest BCUT2D eigenvalue weighted by Gasteiger charge is 2.44. The topological polar surface area (TPSA) is 57.6 Å². The van der Waals surface area contributed by atoms with Gasteiger partial charge in [-0.2, -0.15) is 0 Å². The fraction of sp³-hybridized carbons (Fsp3) is 0.333. The zero-order chi connectivity index (χ0) is 24.7. The first kappa shape index (κ1) is 25.2. The highest BCUT2D eigenvalue weighted by molar-refractivity contribution is 7.90. The summed E-state index contributed by atoms with van der Waals surface area (Å²) in [4.78, 5) is 2.67. The van der Waals surface area contributed by atoms with Crippen molar-refractivity contribution >= 4 is 33.0 Å². The minimum Gasteiger partial charge on any atom is -0.390 e. The lowest BCUT2D eigenvalue weighted by molar-refractivity contribution is -0.0308. The van der Waals surface area contributed by atoms with Crippen LogP contribution in [0.4, 0.5) is 0 Å². The summed E-state index contributed by atoms with van der Waals surface area (Å²) < 4.78 is 23.7. The molecule has 3 aromatic carbocycles. The molecule has 1 saturated heterocycles. The van der Waals surface area contributed by atoms with Gasteiger partial charge in [-0.25, -0.2) is 8.42 Å². The second kappa shape index (κ2) is 9.63. The summed E-state index contributed by atoms with van der Waals surface area (Å²) in [6, 6.07) is 22.8. The Kier molecular flexibility index (Phi) is 7.14. The van der Waals surface area contributed by atoms with Crippen molar-refractivity contribution in [2.45, 2.75) is 36.3 Å². The molecule has 0 aromatic heterocycles. The SMILES string of the molecule is CC(C)(O)C(c1ccc(S(C)(=O)=O)cc1)C1CN(C(c2ccc(Cl)cc2)c2ccc(Cl)cc2)C1. The molecule has 0 saturated carbocycles. The van der Waals surface area contributed by atoms with Gasteiger partial charge in [0.1, 0.15) is 0 Å². The Morgan fingerprint density at radius 1 is 0.824 bits per heavy atom. The second-order valence-corrected chi connectivity index (χ2v) is 12.6. The summed E-state index contributed by atoms with van der Waals surface area (Å²) in [6.45, 7) is 5.22. The lowest BCUT2D eigenvalue weighted by Gasteiger charge is -2.50. The summed E-state index contributed by atoms with van der Waals surface area (Å²) in [5.41, 5.74) is 2.27. The molecule has 1 aliphatic heterocycles. The monoisotopic (exact) mass is 517 g/mol. The Morgan fingerprint density at radius 2 is 1.24 bits per heavy atom. The number of rotatable bonds is 7. The van der Waals surface area contributed by atoms with E-state index in [0.717, 1.165) is 29.8 Å². The molecular weight excluding hydrogens is 489 g/mol. The Bertz CT molecular complexity index is 1180.